The molecular weight excluding hydrogens is 262 g/mol. The minimum Gasteiger partial charge on any atom is -0.299 e. The molecule has 2 aromatic heterocycles. The highest BCUT2D eigenvalue weighted by atomic mass is 32.1. The van der Waals surface area contributed by atoms with Gasteiger partial charge in [0.05, 0.1) is 0 Å². The minimum absolute atomic E-state index is 0.0116. The first kappa shape index (κ1) is 13.5. The van der Waals surface area contributed by atoms with Crippen molar-refractivity contribution in [2.24, 2.45) is 0 Å². The van der Waals surface area contributed by atoms with E-state index in [1.165, 1.54) is 4.88 Å². The maximum absolute atomic E-state index is 5.30. The van der Waals surface area contributed by atoms with Gasteiger partial charge in [0.15, 0.2) is 4.77 Å². The van der Waals surface area contributed by atoms with Gasteiger partial charge in [-0.3, -0.25) is 9.67 Å². The molecule has 0 unspecified atom stereocenters. The van der Waals surface area contributed by atoms with E-state index in [4.69, 9.17) is 12.2 Å². The van der Waals surface area contributed by atoms with E-state index in [-0.39, 0.29) is 5.54 Å². The third-order valence-corrected chi connectivity index (χ3v) is 4.03. The highest BCUT2D eigenvalue weighted by molar-refractivity contribution is 7.71. The molecule has 0 aliphatic heterocycles. The topological polar surface area (TPSA) is 33.6 Å². The number of hydrogen-bond donors (Lipinski definition) is 1. The van der Waals surface area contributed by atoms with Crippen LogP contribution in [-0.4, -0.2) is 14.8 Å². The van der Waals surface area contributed by atoms with Gasteiger partial charge in [0, 0.05) is 16.8 Å². The highest BCUT2D eigenvalue weighted by Crippen LogP contribution is 2.18. The number of thiophene rings is 1. The van der Waals surface area contributed by atoms with E-state index in [1.807, 2.05) is 11.3 Å². The second kappa shape index (κ2) is 5.36. The summed E-state index contributed by atoms with van der Waals surface area (Å²) in [6.45, 7) is 6.46. The molecule has 1 N–H and O–H groups in total. The fraction of sp³-hybridized carbons (Fsp3) is 0.538. The largest absolute Gasteiger partial charge is 0.299 e. The van der Waals surface area contributed by atoms with E-state index in [0.29, 0.717) is 4.77 Å². The Morgan fingerprint density at radius 2 is 2.17 bits per heavy atom. The van der Waals surface area contributed by atoms with Gasteiger partial charge in [0.25, 0.3) is 0 Å². The molecule has 0 aliphatic rings. The Morgan fingerprint density at radius 1 is 1.39 bits per heavy atom. The molecule has 0 aromatic carbocycles. The average Bonchev–Trinajstić information content (AvgIpc) is 2.87. The van der Waals surface area contributed by atoms with Crippen molar-refractivity contribution in [2.45, 2.75) is 45.6 Å². The van der Waals surface area contributed by atoms with E-state index in [0.717, 1.165) is 25.1 Å². The van der Waals surface area contributed by atoms with E-state index in [9.17, 15) is 0 Å². The number of hydrogen-bond acceptors (Lipinski definition) is 3. The van der Waals surface area contributed by atoms with Crippen molar-refractivity contribution in [3.05, 3.63) is 33.0 Å². The lowest BCUT2D eigenvalue weighted by Gasteiger charge is -2.22. The molecule has 0 spiro atoms. The zero-order valence-electron chi connectivity index (χ0n) is 11.1. The van der Waals surface area contributed by atoms with Crippen LogP contribution in [0.2, 0.25) is 0 Å². The Kier molecular flexibility index (Phi) is 4.02. The standard InChI is InChI=1S/C13H19N3S2/c1-13(2,3)16-11(14-15-12(16)17)8-4-6-10-7-5-9-18-10/h5,7,9H,4,6,8H2,1-3H3,(H,15,17). The van der Waals surface area contributed by atoms with Crippen LogP contribution < -0.4 is 0 Å². The zero-order valence-corrected chi connectivity index (χ0v) is 12.7. The summed E-state index contributed by atoms with van der Waals surface area (Å²) in [4.78, 5) is 1.44. The van der Waals surface area contributed by atoms with Crippen molar-refractivity contribution in [3.63, 3.8) is 0 Å². The zero-order chi connectivity index (χ0) is 13.2. The van der Waals surface area contributed by atoms with Crippen LogP contribution in [0.5, 0.6) is 0 Å². The summed E-state index contributed by atoms with van der Waals surface area (Å²) in [5.74, 6) is 1.06. The van der Waals surface area contributed by atoms with Gasteiger partial charge in [-0.25, -0.2) is 0 Å². The molecule has 18 heavy (non-hydrogen) atoms. The maximum atomic E-state index is 5.30. The number of H-pyrrole nitrogens is 1. The van der Waals surface area contributed by atoms with Gasteiger partial charge in [-0.2, -0.15) is 5.10 Å². The average molecular weight is 281 g/mol. The van der Waals surface area contributed by atoms with E-state index in [2.05, 4.69) is 53.0 Å². The predicted molar refractivity (Wildman–Crippen MR) is 78.8 cm³/mol. The number of aryl methyl sites for hydroxylation is 2. The fourth-order valence-electron chi connectivity index (χ4n) is 2.06. The summed E-state index contributed by atoms with van der Waals surface area (Å²) in [6, 6.07) is 4.29. The van der Waals surface area contributed by atoms with E-state index < -0.39 is 0 Å². The first-order valence-corrected chi connectivity index (χ1v) is 7.46. The third-order valence-electron chi connectivity index (χ3n) is 2.82. The summed E-state index contributed by atoms with van der Waals surface area (Å²) in [5, 5.41) is 9.38. The summed E-state index contributed by atoms with van der Waals surface area (Å²) in [6.07, 6.45) is 3.18. The van der Waals surface area contributed by atoms with Crippen LogP contribution in [0.1, 0.15) is 37.9 Å². The fourth-order valence-corrected chi connectivity index (χ4v) is 3.24. The molecule has 2 rings (SSSR count). The van der Waals surface area contributed by atoms with Crippen LogP contribution in [0.3, 0.4) is 0 Å². The Labute approximate surface area is 117 Å². The van der Waals surface area contributed by atoms with Crippen LogP contribution in [0.15, 0.2) is 17.5 Å². The minimum atomic E-state index is -0.0116. The Balaban J connectivity index is 2.04. The predicted octanol–water partition coefficient (Wildman–Crippen LogP) is 3.93. The SMILES string of the molecule is CC(C)(C)n1c(CCCc2cccs2)n[nH]c1=S. The molecule has 5 heteroatoms. The summed E-state index contributed by atoms with van der Waals surface area (Å²) in [5.41, 5.74) is -0.0116. The van der Waals surface area contributed by atoms with Crippen LogP contribution in [-0.2, 0) is 18.4 Å². The molecule has 0 bridgehead atoms. The molecule has 0 fully saturated rings. The van der Waals surface area contributed by atoms with Gasteiger partial charge < -0.3 is 0 Å². The number of aromatic amines is 1. The van der Waals surface area contributed by atoms with E-state index >= 15 is 0 Å². The number of nitrogens with one attached hydrogen (secondary N) is 1. The lowest BCUT2D eigenvalue weighted by Crippen LogP contribution is -2.24. The van der Waals surface area contributed by atoms with Crippen LogP contribution in [0.4, 0.5) is 0 Å². The van der Waals surface area contributed by atoms with Crippen molar-refractivity contribution in [3.8, 4) is 0 Å². The molecule has 0 saturated heterocycles. The van der Waals surface area contributed by atoms with Gasteiger partial charge in [-0.15, -0.1) is 11.3 Å². The maximum Gasteiger partial charge on any atom is 0.195 e. The Hall–Kier alpha value is -0.940. The third kappa shape index (κ3) is 3.09. The molecule has 0 saturated carbocycles. The quantitative estimate of drug-likeness (QED) is 0.861. The molecular formula is C13H19N3S2. The van der Waals surface area contributed by atoms with Crippen LogP contribution in [0.25, 0.3) is 0 Å². The van der Waals surface area contributed by atoms with Crippen LogP contribution >= 0.6 is 23.6 Å². The lowest BCUT2D eigenvalue weighted by molar-refractivity contribution is 0.376. The van der Waals surface area contributed by atoms with Gasteiger partial charge in [-0.1, -0.05) is 6.07 Å². The van der Waals surface area contributed by atoms with E-state index in [1.54, 1.807) is 0 Å². The monoisotopic (exact) mass is 281 g/mol. The van der Waals surface area contributed by atoms with Crippen molar-refractivity contribution < 1.29 is 0 Å². The number of nitrogens with zero attached hydrogens (tertiary/aromatic N) is 2. The summed E-state index contributed by atoms with van der Waals surface area (Å²) in [7, 11) is 0. The van der Waals surface area contributed by atoms with Crippen molar-refractivity contribution >= 4 is 23.6 Å². The smallest absolute Gasteiger partial charge is 0.195 e. The summed E-state index contributed by atoms with van der Waals surface area (Å²) < 4.78 is 2.84. The van der Waals surface area contributed by atoms with Gasteiger partial charge in [-0.05, 0) is 57.3 Å². The number of aromatic nitrogens is 3. The molecule has 0 radical (unpaired) electrons. The normalized spacial score (nSPS) is 11.9. The lowest BCUT2D eigenvalue weighted by atomic mass is 10.1. The first-order valence-electron chi connectivity index (χ1n) is 6.17. The van der Waals surface area contributed by atoms with Gasteiger partial charge >= 0.3 is 0 Å². The molecule has 0 aliphatic carbocycles. The molecule has 3 nitrogen and oxygen atoms in total. The highest BCUT2D eigenvalue weighted by Gasteiger charge is 2.18. The van der Waals surface area contributed by atoms with Crippen molar-refractivity contribution in [2.75, 3.05) is 0 Å². The van der Waals surface area contributed by atoms with Gasteiger partial charge in [0.2, 0.25) is 0 Å². The summed E-state index contributed by atoms with van der Waals surface area (Å²) >= 11 is 7.12. The van der Waals surface area contributed by atoms with Crippen molar-refractivity contribution in [1.29, 1.82) is 0 Å². The van der Waals surface area contributed by atoms with Gasteiger partial charge in [0.1, 0.15) is 5.82 Å². The van der Waals surface area contributed by atoms with Crippen molar-refractivity contribution in [1.82, 2.24) is 14.8 Å². The second-order valence-electron chi connectivity index (χ2n) is 5.38. The Bertz CT molecular complexity index is 544. The molecule has 98 valence electrons. The molecule has 0 atom stereocenters. The first-order chi connectivity index (χ1) is 8.48. The molecule has 0 amide bonds. The second-order valence-corrected chi connectivity index (χ2v) is 6.80. The molecule has 2 aromatic rings. The van der Waals surface area contributed by atoms with Crippen LogP contribution in [0, 0.1) is 4.77 Å². The Morgan fingerprint density at radius 3 is 2.78 bits per heavy atom. The molecule has 2 heterocycles. The number of rotatable bonds is 4.